The van der Waals surface area contributed by atoms with Crippen LogP contribution < -0.4 is 23.8 Å². The monoisotopic (exact) mass is 470 g/mol. The molecule has 0 fully saturated rings. The number of para-hydroxylation sites is 1. The third-order valence-electron chi connectivity index (χ3n) is 4.83. The zero-order chi connectivity index (χ0) is 24.0. The highest BCUT2D eigenvalue weighted by Gasteiger charge is 2.29. The third kappa shape index (κ3) is 5.95. The number of benzene rings is 3. The predicted molar refractivity (Wildman–Crippen MR) is 128 cm³/mol. The first kappa shape index (κ1) is 23.9. The van der Waals surface area contributed by atoms with E-state index in [1.165, 1.54) is 21.1 Å². The van der Waals surface area contributed by atoms with Gasteiger partial charge in [0.1, 0.15) is 29.0 Å². The molecule has 0 radical (unpaired) electrons. The number of carbonyl (C=O) groups is 1. The molecule has 9 heteroatoms. The molecular formula is C24H26N2O6S. The van der Waals surface area contributed by atoms with Crippen molar-refractivity contribution in [3.8, 4) is 23.0 Å². The topological polar surface area (TPSA) is 94.2 Å². The molecule has 0 saturated heterocycles. The van der Waals surface area contributed by atoms with Crippen molar-refractivity contribution in [1.29, 1.82) is 0 Å². The van der Waals surface area contributed by atoms with Gasteiger partial charge in [0.15, 0.2) is 0 Å². The Balaban J connectivity index is 1.82. The number of carbonyl (C=O) groups excluding carboxylic acids is 1. The van der Waals surface area contributed by atoms with Crippen LogP contribution in [0.2, 0.25) is 0 Å². The maximum atomic E-state index is 13.0. The van der Waals surface area contributed by atoms with Gasteiger partial charge in [-0.1, -0.05) is 18.2 Å². The molecule has 1 atom stereocenters. The first-order chi connectivity index (χ1) is 15.7. The normalized spacial score (nSPS) is 11.9. The second kappa shape index (κ2) is 10.3. The van der Waals surface area contributed by atoms with Crippen LogP contribution in [-0.4, -0.2) is 40.8 Å². The van der Waals surface area contributed by atoms with E-state index in [1.807, 2.05) is 30.3 Å². The van der Waals surface area contributed by atoms with Gasteiger partial charge >= 0.3 is 0 Å². The minimum absolute atomic E-state index is 0.335. The van der Waals surface area contributed by atoms with Crippen LogP contribution in [0.15, 0.2) is 72.8 Å². The van der Waals surface area contributed by atoms with E-state index in [0.717, 1.165) is 10.6 Å². The summed E-state index contributed by atoms with van der Waals surface area (Å²) in [5.41, 5.74) is 0.734. The van der Waals surface area contributed by atoms with Crippen molar-refractivity contribution in [3.05, 3.63) is 72.8 Å². The number of nitrogens with one attached hydrogen (secondary N) is 1. The van der Waals surface area contributed by atoms with E-state index in [-0.39, 0.29) is 0 Å². The van der Waals surface area contributed by atoms with Gasteiger partial charge in [0.05, 0.1) is 31.9 Å². The van der Waals surface area contributed by atoms with Crippen molar-refractivity contribution in [2.24, 2.45) is 0 Å². The van der Waals surface area contributed by atoms with Gasteiger partial charge in [-0.25, -0.2) is 8.42 Å². The molecule has 0 spiro atoms. The molecule has 0 aromatic heterocycles. The average molecular weight is 471 g/mol. The van der Waals surface area contributed by atoms with Crippen LogP contribution >= 0.6 is 0 Å². The van der Waals surface area contributed by atoms with Gasteiger partial charge in [-0.15, -0.1) is 0 Å². The second-order valence-electron chi connectivity index (χ2n) is 7.20. The van der Waals surface area contributed by atoms with Gasteiger partial charge < -0.3 is 19.5 Å². The van der Waals surface area contributed by atoms with Crippen molar-refractivity contribution in [1.82, 2.24) is 0 Å². The number of hydrogen-bond donors (Lipinski definition) is 1. The highest BCUT2D eigenvalue weighted by atomic mass is 32.2. The lowest BCUT2D eigenvalue weighted by Crippen LogP contribution is -2.45. The number of rotatable bonds is 9. The first-order valence-corrected chi connectivity index (χ1v) is 11.9. The Hall–Kier alpha value is -3.72. The van der Waals surface area contributed by atoms with E-state index in [1.54, 1.807) is 42.5 Å². The lowest BCUT2D eigenvalue weighted by atomic mass is 10.2. The number of sulfonamides is 1. The highest BCUT2D eigenvalue weighted by Crippen LogP contribution is 2.30. The minimum Gasteiger partial charge on any atom is -0.497 e. The summed E-state index contributed by atoms with van der Waals surface area (Å²) in [5.74, 6) is 1.63. The van der Waals surface area contributed by atoms with Crippen molar-refractivity contribution < 1.29 is 27.4 Å². The molecule has 0 unspecified atom stereocenters. The summed E-state index contributed by atoms with van der Waals surface area (Å²) in [6, 6.07) is 19.6. The van der Waals surface area contributed by atoms with Crippen LogP contribution in [0.25, 0.3) is 0 Å². The van der Waals surface area contributed by atoms with Gasteiger partial charge in [0.25, 0.3) is 0 Å². The Kier molecular flexibility index (Phi) is 7.44. The lowest BCUT2D eigenvalue weighted by Gasteiger charge is -2.28. The highest BCUT2D eigenvalue weighted by molar-refractivity contribution is 7.92. The van der Waals surface area contributed by atoms with E-state index in [4.69, 9.17) is 14.2 Å². The Morgan fingerprint density at radius 1 is 0.879 bits per heavy atom. The number of amides is 1. The van der Waals surface area contributed by atoms with Crippen LogP contribution in [0, 0.1) is 0 Å². The van der Waals surface area contributed by atoms with Crippen LogP contribution in [0.3, 0.4) is 0 Å². The summed E-state index contributed by atoms with van der Waals surface area (Å²) in [4.78, 5) is 13.0. The van der Waals surface area contributed by atoms with E-state index >= 15 is 0 Å². The SMILES string of the molecule is COc1ccc(NC(=O)[C@H](C)N(c2ccc(Oc3ccccc3)cc2)S(C)(=O)=O)c(OC)c1. The third-order valence-corrected chi connectivity index (χ3v) is 6.07. The summed E-state index contributed by atoms with van der Waals surface area (Å²) in [6.45, 7) is 1.51. The fourth-order valence-corrected chi connectivity index (χ4v) is 4.41. The van der Waals surface area contributed by atoms with Gasteiger partial charge in [0.2, 0.25) is 15.9 Å². The Labute approximate surface area is 193 Å². The number of anilines is 2. The Bertz CT molecular complexity index is 1200. The molecule has 1 amide bonds. The molecule has 3 aromatic rings. The molecule has 0 bridgehead atoms. The first-order valence-electron chi connectivity index (χ1n) is 10.1. The molecule has 0 aliphatic heterocycles. The van der Waals surface area contributed by atoms with Crippen molar-refractivity contribution in [2.75, 3.05) is 30.1 Å². The smallest absolute Gasteiger partial charge is 0.248 e. The molecule has 0 heterocycles. The number of ether oxygens (including phenoxy) is 3. The Morgan fingerprint density at radius 2 is 1.48 bits per heavy atom. The van der Waals surface area contributed by atoms with E-state index in [9.17, 15) is 13.2 Å². The van der Waals surface area contributed by atoms with Crippen LogP contribution in [0.4, 0.5) is 11.4 Å². The van der Waals surface area contributed by atoms with Crippen molar-refractivity contribution in [3.63, 3.8) is 0 Å². The van der Waals surface area contributed by atoms with Crippen LogP contribution in [-0.2, 0) is 14.8 Å². The van der Waals surface area contributed by atoms with E-state index in [2.05, 4.69) is 5.32 Å². The molecule has 174 valence electrons. The van der Waals surface area contributed by atoms with Gasteiger partial charge in [-0.3, -0.25) is 9.10 Å². The predicted octanol–water partition coefficient (Wildman–Crippen LogP) is 4.29. The maximum absolute atomic E-state index is 13.0. The van der Waals surface area contributed by atoms with Crippen LogP contribution in [0.5, 0.6) is 23.0 Å². The molecule has 0 saturated carbocycles. The molecule has 0 aliphatic carbocycles. The standard InChI is InChI=1S/C24H26N2O6S/c1-17(24(27)25-22-15-14-21(30-2)16-23(22)31-3)26(33(4,28)29)18-10-12-20(13-11-18)32-19-8-6-5-7-9-19/h5-17H,1-4H3,(H,25,27)/t17-/m0/s1. The molecule has 0 aliphatic rings. The quantitative estimate of drug-likeness (QED) is 0.501. The number of nitrogens with zero attached hydrogens (tertiary/aromatic N) is 1. The summed E-state index contributed by atoms with van der Waals surface area (Å²) in [7, 11) is -0.781. The molecular weight excluding hydrogens is 444 g/mol. The Morgan fingerprint density at radius 3 is 2.06 bits per heavy atom. The molecule has 8 nitrogen and oxygen atoms in total. The van der Waals surface area contributed by atoms with Crippen molar-refractivity contribution >= 4 is 27.3 Å². The van der Waals surface area contributed by atoms with Gasteiger partial charge in [-0.05, 0) is 55.5 Å². The summed E-state index contributed by atoms with van der Waals surface area (Å²) >= 11 is 0. The van der Waals surface area contributed by atoms with Crippen molar-refractivity contribution in [2.45, 2.75) is 13.0 Å². The molecule has 33 heavy (non-hydrogen) atoms. The second-order valence-corrected chi connectivity index (χ2v) is 9.06. The fourth-order valence-electron chi connectivity index (χ4n) is 3.23. The molecule has 3 rings (SSSR count). The van der Waals surface area contributed by atoms with E-state index < -0.39 is 22.0 Å². The fraction of sp³-hybridized carbons (Fsp3) is 0.208. The molecule has 3 aromatic carbocycles. The summed E-state index contributed by atoms with van der Waals surface area (Å²) in [5, 5.41) is 2.73. The lowest BCUT2D eigenvalue weighted by molar-refractivity contribution is -0.116. The van der Waals surface area contributed by atoms with Gasteiger partial charge in [-0.2, -0.15) is 0 Å². The minimum atomic E-state index is -3.77. The van der Waals surface area contributed by atoms with E-state index in [0.29, 0.717) is 34.4 Å². The average Bonchev–Trinajstić information content (AvgIpc) is 2.80. The van der Waals surface area contributed by atoms with Crippen LogP contribution in [0.1, 0.15) is 6.92 Å². The number of hydrogen-bond acceptors (Lipinski definition) is 6. The van der Waals surface area contributed by atoms with Gasteiger partial charge in [0, 0.05) is 6.07 Å². The molecule has 1 N–H and O–H groups in total. The summed E-state index contributed by atoms with van der Waals surface area (Å²) < 4.78 is 42.5. The zero-order valence-corrected chi connectivity index (χ0v) is 19.6. The largest absolute Gasteiger partial charge is 0.497 e. The zero-order valence-electron chi connectivity index (χ0n) is 18.8. The summed E-state index contributed by atoms with van der Waals surface area (Å²) in [6.07, 6.45) is 1.05. The maximum Gasteiger partial charge on any atom is 0.248 e. The number of methoxy groups -OCH3 is 2.